The van der Waals surface area contributed by atoms with Crippen LogP contribution >= 0.6 is 0 Å². The molecule has 7 nitrogen and oxygen atoms in total. The normalized spacial score (nSPS) is 14.4. The van der Waals surface area contributed by atoms with E-state index in [9.17, 15) is 31.2 Å². The molecule has 1 unspecified atom stereocenters. The van der Waals surface area contributed by atoms with Gasteiger partial charge in [0.1, 0.15) is 11.7 Å². The second-order valence-corrected chi connectivity index (χ2v) is 12.6. The van der Waals surface area contributed by atoms with Crippen molar-refractivity contribution in [3.05, 3.63) is 132 Å². The fraction of sp³-hybridized carbons (Fsp3) is 0.118. The van der Waals surface area contributed by atoms with Crippen molar-refractivity contribution in [2.24, 2.45) is 0 Å². The summed E-state index contributed by atoms with van der Waals surface area (Å²) in [5.74, 6) is -0.947. The Morgan fingerprint density at radius 3 is 2.16 bits per heavy atom. The molecule has 11 heteroatoms. The predicted octanol–water partition coefficient (Wildman–Crippen LogP) is 7.42. The van der Waals surface area contributed by atoms with Gasteiger partial charge >= 0.3 is 6.18 Å². The van der Waals surface area contributed by atoms with E-state index in [0.717, 1.165) is 21.1 Å². The van der Waals surface area contributed by atoms with Crippen molar-refractivity contribution in [1.82, 2.24) is 0 Å². The zero-order valence-corrected chi connectivity index (χ0v) is 24.6. The number of carbonyl (C=O) groups excluding carboxylic acids is 2. The van der Waals surface area contributed by atoms with Gasteiger partial charge in [-0.15, -0.1) is 0 Å². The Balaban J connectivity index is 1.41. The maximum atomic E-state index is 14.2. The zero-order valence-electron chi connectivity index (χ0n) is 23.8. The number of halogens is 3. The summed E-state index contributed by atoms with van der Waals surface area (Å²) < 4.78 is 71.5. The van der Waals surface area contributed by atoms with E-state index in [1.54, 1.807) is 24.3 Å². The third-order valence-electron chi connectivity index (χ3n) is 7.78. The molecule has 6 rings (SSSR count). The number of alkyl halides is 3. The fourth-order valence-electron chi connectivity index (χ4n) is 5.64. The van der Waals surface area contributed by atoms with Gasteiger partial charge in [-0.3, -0.25) is 18.8 Å². The van der Waals surface area contributed by atoms with E-state index in [0.29, 0.717) is 17.1 Å². The highest BCUT2D eigenvalue weighted by Crippen LogP contribution is 2.43. The van der Waals surface area contributed by atoms with E-state index < -0.39 is 50.8 Å². The molecular formula is C34H26F3N3O4S. The monoisotopic (exact) mass is 629 g/mol. The van der Waals surface area contributed by atoms with Gasteiger partial charge in [-0.05, 0) is 52.9 Å². The standard InChI is InChI=1S/C34H26F3N3O4S/c1-39(45(43,44)33(23-10-3-2-4-11-23)27-13-7-8-14-28(27)34(35,36)37)24-16-18-25(19-17-24)40-29-20-15-22-9-5-6-12-26(22)32(29)38-30(41)21-31(40)42/h2-20,33H,21H2,1H3,(H,38,41). The molecule has 0 aromatic heterocycles. The number of hydrogen-bond donors (Lipinski definition) is 1. The van der Waals surface area contributed by atoms with Crippen molar-refractivity contribution < 1.29 is 31.2 Å². The molecule has 0 aliphatic carbocycles. The van der Waals surface area contributed by atoms with E-state index in [1.807, 2.05) is 30.3 Å². The molecule has 0 bridgehead atoms. The number of nitrogens with one attached hydrogen (secondary N) is 1. The maximum absolute atomic E-state index is 14.2. The van der Waals surface area contributed by atoms with Crippen LogP contribution in [0.5, 0.6) is 0 Å². The number of carbonyl (C=O) groups is 2. The molecule has 228 valence electrons. The van der Waals surface area contributed by atoms with Crippen molar-refractivity contribution in [1.29, 1.82) is 0 Å². The lowest BCUT2D eigenvalue weighted by molar-refractivity contribution is -0.138. The predicted molar refractivity (Wildman–Crippen MR) is 168 cm³/mol. The lowest BCUT2D eigenvalue weighted by Gasteiger charge is -2.29. The minimum absolute atomic E-state index is 0.166. The summed E-state index contributed by atoms with van der Waals surface area (Å²) in [6.07, 6.45) is -5.19. The highest BCUT2D eigenvalue weighted by Gasteiger charge is 2.41. The van der Waals surface area contributed by atoms with Crippen LogP contribution in [-0.2, 0) is 25.8 Å². The number of sulfonamides is 1. The molecule has 5 aromatic carbocycles. The van der Waals surface area contributed by atoms with E-state index >= 15 is 0 Å². The number of rotatable bonds is 6. The molecule has 0 spiro atoms. The smallest absolute Gasteiger partial charge is 0.323 e. The summed E-state index contributed by atoms with van der Waals surface area (Å²) in [7, 11) is -3.20. The molecule has 45 heavy (non-hydrogen) atoms. The molecule has 1 aliphatic rings. The Labute approximate surface area is 257 Å². The first kappa shape index (κ1) is 29.9. The number of fused-ring (bicyclic) bond motifs is 3. The van der Waals surface area contributed by atoms with Gasteiger partial charge in [0, 0.05) is 18.1 Å². The Hall–Kier alpha value is -5.16. The molecule has 1 heterocycles. The van der Waals surface area contributed by atoms with E-state index in [2.05, 4.69) is 5.32 Å². The highest BCUT2D eigenvalue weighted by atomic mass is 32.2. The van der Waals surface area contributed by atoms with Gasteiger partial charge in [0.2, 0.25) is 21.8 Å². The van der Waals surface area contributed by atoms with Gasteiger partial charge in [-0.1, -0.05) is 78.9 Å². The molecule has 2 amide bonds. The van der Waals surface area contributed by atoms with Crippen LogP contribution in [0.2, 0.25) is 0 Å². The van der Waals surface area contributed by atoms with Crippen LogP contribution in [0, 0.1) is 0 Å². The van der Waals surface area contributed by atoms with Crippen LogP contribution in [0.15, 0.2) is 115 Å². The summed E-state index contributed by atoms with van der Waals surface area (Å²) in [5, 5.41) is 2.79. The van der Waals surface area contributed by atoms with Crippen LogP contribution in [0.4, 0.5) is 35.9 Å². The third kappa shape index (κ3) is 5.51. The van der Waals surface area contributed by atoms with Crippen molar-refractivity contribution in [2.45, 2.75) is 17.8 Å². The highest BCUT2D eigenvalue weighted by molar-refractivity contribution is 7.93. The Kier molecular flexibility index (Phi) is 7.57. The largest absolute Gasteiger partial charge is 0.416 e. The van der Waals surface area contributed by atoms with Gasteiger partial charge < -0.3 is 5.32 Å². The minimum atomic E-state index is -4.78. The van der Waals surface area contributed by atoms with E-state index in [4.69, 9.17) is 0 Å². The number of hydrogen-bond acceptors (Lipinski definition) is 4. The van der Waals surface area contributed by atoms with Crippen LogP contribution < -0.4 is 14.5 Å². The number of anilines is 4. The van der Waals surface area contributed by atoms with Crippen LogP contribution in [-0.4, -0.2) is 27.3 Å². The maximum Gasteiger partial charge on any atom is 0.416 e. The quantitative estimate of drug-likeness (QED) is 0.198. The molecule has 1 aliphatic heterocycles. The minimum Gasteiger partial charge on any atom is -0.323 e. The van der Waals surface area contributed by atoms with E-state index in [1.165, 1.54) is 66.5 Å². The van der Waals surface area contributed by atoms with E-state index in [-0.39, 0.29) is 11.3 Å². The topological polar surface area (TPSA) is 86.8 Å². The van der Waals surface area contributed by atoms with Crippen molar-refractivity contribution in [3.8, 4) is 0 Å². The molecule has 0 saturated carbocycles. The Bertz CT molecular complexity index is 2030. The van der Waals surface area contributed by atoms with Gasteiger partial charge in [0.25, 0.3) is 0 Å². The third-order valence-corrected chi connectivity index (χ3v) is 9.87. The second-order valence-electron chi connectivity index (χ2n) is 10.5. The number of benzene rings is 5. The van der Waals surface area contributed by atoms with Crippen LogP contribution in [0.3, 0.4) is 0 Å². The molecule has 0 fully saturated rings. The second kappa shape index (κ2) is 11.4. The Morgan fingerprint density at radius 2 is 1.44 bits per heavy atom. The lowest BCUT2D eigenvalue weighted by Crippen LogP contribution is -2.33. The lowest BCUT2D eigenvalue weighted by atomic mass is 9.99. The van der Waals surface area contributed by atoms with Gasteiger partial charge in [-0.25, -0.2) is 8.42 Å². The van der Waals surface area contributed by atoms with Gasteiger partial charge in [-0.2, -0.15) is 13.2 Å². The number of amides is 2. The molecule has 1 atom stereocenters. The van der Waals surface area contributed by atoms with Gasteiger partial charge in [0.15, 0.2) is 0 Å². The van der Waals surface area contributed by atoms with Crippen molar-refractivity contribution >= 4 is 55.4 Å². The first-order valence-electron chi connectivity index (χ1n) is 13.9. The van der Waals surface area contributed by atoms with Crippen LogP contribution in [0.1, 0.15) is 28.4 Å². The van der Waals surface area contributed by atoms with Crippen molar-refractivity contribution in [3.63, 3.8) is 0 Å². The van der Waals surface area contributed by atoms with Crippen molar-refractivity contribution in [2.75, 3.05) is 21.6 Å². The first-order valence-corrected chi connectivity index (χ1v) is 15.4. The zero-order chi connectivity index (χ0) is 31.9. The van der Waals surface area contributed by atoms with Crippen LogP contribution in [0.25, 0.3) is 10.8 Å². The first-order chi connectivity index (χ1) is 21.5. The Morgan fingerprint density at radius 1 is 0.800 bits per heavy atom. The molecular weight excluding hydrogens is 603 g/mol. The number of nitrogens with zero attached hydrogens (tertiary/aromatic N) is 2. The molecule has 0 radical (unpaired) electrons. The van der Waals surface area contributed by atoms with Gasteiger partial charge in [0.05, 0.1) is 22.6 Å². The summed E-state index contributed by atoms with van der Waals surface area (Å²) in [5.41, 5.74) is 0.210. The summed E-state index contributed by atoms with van der Waals surface area (Å²) in [6.45, 7) is 0. The fourth-order valence-corrected chi connectivity index (χ4v) is 7.39. The summed E-state index contributed by atoms with van der Waals surface area (Å²) >= 11 is 0. The summed E-state index contributed by atoms with van der Waals surface area (Å²) in [4.78, 5) is 27.3. The summed E-state index contributed by atoms with van der Waals surface area (Å²) in [6, 6.07) is 29.4. The molecule has 5 aromatic rings. The molecule has 1 N–H and O–H groups in total. The SMILES string of the molecule is CN(c1ccc(N2C(=O)CC(=O)Nc3c2ccc2ccccc32)cc1)S(=O)(=O)C(c1ccccc1)c1ccccc1C(F)(F)F. The average molecular weight is 630 g/mol. The molecule has 0 saturated heterocycles. The average Bonchev–Trinajstić information content (AvgIpc) is 3.15.